The molecule has 3 aliphatic rings. The number of likely N-dealkylation sites (tertiary alicyclic amines) is 1. The topological polar surface area (TPSA) is 139 Å². The van der Waals surface area contributed by atoms with E-state index in [2.05, 4.69) is 10.3 Å². The highest BCUT2D eigenvalue weighted by Crippen LogP contribution is 2.41. The van der Waals surface area contributed by atoms with Crippen molar-refractivity contribution in [3.05, 3.63) is 24.1 Å². The maximum Gasteiger partial charge on any atom is 0.371 e. The van der Waals surface area contributed by atoms with E-state index >= 15 is 0 Å². The molecule has 2 aliphatic carbocycles. The van der Waals surface area contributed by atoms with Gasteiger partial charge in [0, 0.05) is 30.0 Å². The van der Waals surface area contributed by atoms with E-state index in [0.29, 0.717) is 36.4 Å². The van der Waals surface area contributed by atoms with Crippen LogP contribution in [-0.4, -0.2) is 58.1 Å². The van der Waals surface area contributed by atoms with E-state index in [0.717, 1.165) is 44.9 Å². The van der Waals surface area contributed by atoms with Gasteiger partial charge in [-0.1, -0.05) is 32.1 Å². The molecular formula is C28H37FN4O5. The van der Waals surface area contributed by atoms with Gasteiger partial charge in [0.25, 0.3) is 0 Å². The normalized spacial score (nSPS) is 27.4. The SMILES string of the molecule is N[C@H](CF)C1CCC(C(=O)N2CC[C@@H](C3CCCCC3)[C@H]2C(=O)Nc2cnc3oc(C(=O)O)cc3c2)CC1. The molecule has 0 spiro atoms. The van der Waals surface area contributed by atoms with Gasteiger partial charge in [-0.3, -0.25) is 9.59 Å². The van der Waals surface area contributed by atoms with Gasteiger partial charge in [-0.25, -0.2) is 14.2 Å². The van der Waals surface area contributed by atoms with Crippen molar-refractivity contribution < 1.29 is 28.3 Å². The summed E-state index contributed by atoms with van der Waals surface area (Å²) in [6.45, 7) is 0.0147. The lowest BCUT2D eigenvalue weighted by Crippen LogP contribution is -2.50. The van der Waals surface area contributed by atoms with Gasteiger partial charge < -0.3 is 25.5 Å². The Labute approximate surface area is 221 Å². The zero-order valence-corrected chi connectivity index (χ0v) is 21.6. The number of halogens is 1. The largest absolute Gasteiger partial charge is 0.475 e. The number of pyridine rings is 1. The lowest BCUT2D eigenvalue weighted by molar-refractivity contribution is -0.142. The highest BCUT2D eigenvalue weighted by Gasteiger charge is 2.47. The number of carbonyl (C=O) groups is 3. The Kier molecular flexibility index (Phi) is 7.97. The predicted octanol–water partition coefficient (Wildman–Crippen LogP) is 4.37. The van der Waals surface area contributed by atoms with Crippen molar-refractivity contribution in [1.29, 1.82) is 0 Å². The zero-order valence-electron chi connectivity index (χ0n) is 21.6. The van der Waals surface area contributed by atoms with Crippen molar-refractivity contribution in [3.8, 4) is 0 Å². The first-order chi connectivity index (χ1) is 18.4. The van der Waals surface area contributed by atoms with E-state index in [1.165, 1.54) is 18.7 Å². The molecule has 5 rings (SSSR count). The summed E-state index contributed by atoms with van der Waals surface area (Å²) in [5.74, 6) is -1.19. The molecule has 9 nitrogen and oxygen atoms in total. The van der Waals surface area contributed by atoms with Crippen LogP contribution in [0.3, 0.4) is 0 Å². The van der Waals surface area contributed by atoms with Crippen LogP contribution in [0.15, 0.2) is 22.7 Å². The number of rotatable bonds is 7. The fourth-order valence-electron chi connectivity index (χ4n) is 6.93. The van der Waals surface area contributed by atoms with Crippen LogP contribution in [0.1, 0.15) is 74.8 Å². The first-order valence-corrected chi connectivity index (χ1v) is 13.9. The number of hydrogen-bond donors (Lipinski definition) is 3. The number of alkyl halides is 1. The first-order valence-electron chi connectivity index (χ1n) is 13.9. The Morgan fingerprint density at radius 2 is 1.84 bits per heavy atom. The quantitative estimate of drug-likeness (QED) is 0.485. The molecule has 0 bridgehead atoms. The summed E-state index contributed by atoms with van der Waals surface area (Å²) in [6, 6.07) is 1.98. The summed E-state index contributed by atoms with van der Waals surface area (Å²) in [5.41, 5.74) is 6.53. The number of aromatic nitrogens is 1. The van der Waals surface area contributed by atoms with Gasteiger partial charge >= 0.3 is 5.97 Å². The third-order valence-electron chi connectivity index (χ3n) is 9.01. The molecule has 38 heavy (non-hydrogen) atoms. The fourth-order valence-corrected chi connectivity index (χ4v) is 6.93. The van der Waals surface area contributed by atoms with Gasteiger partial charge in [0.05, 0.1) is 11.9 Å². The van der Waals surface area contributed by atoms with E-state index in [-0.39, 0.29) is 41.0 Å². The molecule has 1 saturated heterocycles. The summed E-state index contributed by atoms with van der Waals surface area (Å²) < 4.78 is 18.3. The number of nitrogens with zero attached hydrogens (tertiary/aromatic N) is 2. The number of carboxylic acid groups (broad SMARTS) is 1. The molecule has 3 fully saturated rings. The second kappa shape index (κ2) is 11.4. The van der Waals surface area contributed by atoms with Crippen LogP contribution in [0, 0.1) is 23.7 Å². The molecule has 0 aromatic carbocycles. The molecule has 206 valence electrons. The Morgan fingerprint density at radius 1 is 1.11 bits per heavy atom. The Bertz CT molecular complexity index is 1170. The van der Waals surface area contributed by atoms with Gasteiger partial charge in [-0.15, -0.1) is 0 Å². The van der Waals surface area contributed by atoms with Crippen molar-refractivity contribution in [1.82, 2.24) is 9.88 Å². The predicted molar refractivity (Wildman–Crippen MR) is 139 cm³/mol. The number of fused-ring (bicyclic) bond motifs is 1. The molecule has 2 saturated carbocycles. The molecule has 2 aromatic heterocycles. The van der Waals surface area contributed by atoms with E-state index in [1.54, 1.807) is 11.0 Å². The highest BCUT2D eigenvalue weighted by atomic mass is 19.1. The Morgan fingerprint density at radius 3 is 2.53 bits per heavy atom. The molecule has 10 heteroatoms. The minimum Gasteiger partial charge on any atom is -0.475 e. The zero-order chi connectivity index (χ0) is 26.8. The first kappa shape index (κ1) is 26.6. The molecular weight excluding hydrogens is 491 g/mol. The number of furan rings is 1. The van der Waals surface area contributed by atoms with Crippen molar-refractivity contribution in [2.45, 2.75) is 76.3 Å². The van der Waals surface area contributed by atoms with E-state index < -0.39 is 24.7 Å². The standard InChI is InChI=1S/C28H37FN4O5/c29-14-22(30)17-6-8-18(9-7-17)27(35)33-11-10-21(16-4-2-1-3-5-16)24(33)25(34)32-20-12-19-13-23(28(36)37)38-26(19)31-15-20/h12-13,15-18,21-22,24H,1-11,14,30H2,(H,32,34)(H,36,37)/t17?,18?,21-,22+,24-/m0/s1. The van der Waals surface area contributed by atoms with Crippen LogP contribution >= 0.6 is 0 Å². The van der Waals surface area contributed by atoms with Gasteiger partial charge in [0.15, 0.2) is 0 Å². The van der Waals surface area contributed by atoms with Crippen LogP contribution in [0.4, 0.5) is 10.1 Å². The highest BCUT2D eigenvalue weighted by molar-refractivity contribution is 5.99. The van der Waals surface area contributed by atoms with E-state index in [9.17, 15) is 23.9 Å². The molecule has 4 N–H and O–H groups in total. The lowest BCUT2D eigenvalue weighted by Gasteiger charge is -2.36. The Hall–Kier alpha value is -3.01. The Balaban J connectivity index is 1.34. The van der Waals surface area contributed by atoms with Crippen molar-refractivity contribution in [2.24, 2.45) is 29.4 Å². The fraction of sp³-hybridized carbons (Fsp3) is 0.643. The molecule has 0 radical (unpaired) electrons. The van der Waals surface area contributed by atoms with E-state index in [1.807, 2.05) is 0 Å². The van der Waals surface area contributed by atoms with Crippen molar-refractivity contribution in [3.63, 3.8) is 0 Å². The number of nitrogens with two attached hydrogens (primary N) is 1. The number of nitrogens with one attached hydrogen (secondary N) is 1. The lowest BCUT2D eigenvalue weighted by atomic mass is 9.76. The maximum atomic E-state index is 13.8. The van der Waals surface area contributed by atoms with Gasteiger partial charge in [0.1, 0.15) is 12.7 Å². The number of amides is 2. The summed E-state index contributed by atoms with van der Waals surface area (Å²) in [7, 11) is 0. The summed E-state index contributed by atoms with van der Waals surface area (Å²) >= 11 is 0. The number of anilines is 1. The second-order valence-electron chi connectivity index (χ2n) is 11.3. The molecule has 2 amide bonds. The van der Waals surface area contributed by atoms with Gasteiger partial charge in [-0.2, -0.15) is 0 Å². The van der Waals surface area contributed by atoms with Crippen LogP contribution < -0.4 is 11.1 Å². The van der Waals surface area contributed by atoms with Gasteiger partial charge in [0.2, 0.25) is 23.3 Å². The number of carbonyl (C=O) groups excluding carboxylic acids is 2. The minimum absolute atomic E-state index is 0.0187. The molecule has 2 aromatic rings. The maximum absolute atomic E-state index is 13.8. The third-order valence-corrected chi connectivity index (χ3v) is 9.01. The summed E-state index contributed by atoms with van der Waals surface area (Å²) in [5, 5.41) is 12.6. The average Bonchev–Trinajstić information content (AvgIpc) is 3.58. The van der Waals surface area contributed by atoms with Crippen LogP contribution in [0.25, 0.3) is 11.1 Å². The molecule has 3 atom stereocenters. The van der Waals surface area contributed by atoms with Gasteiger partial charge in [-0.05, 0) is 55.9 Å². The second-order valence-corrected chi connectivity index (χ2v) is 11.3. The smallest absolute Gasteiger partial charge is 0.371 e. The number of aromatic carboxylic acids is 1. The summed E-state index contributed by atoms with van der Waals surface area (Å²) in [4.78, 5) is 44.7. The molecule has 0 unspecified atom stereocenters. The minimum atomic E-state index is -1.19. The number of carboxylic acids is 1. The summed E-state index contributed by atoms with van der Waals surface area (Å²) in [6.07, 6.45) is 10.7. The van der Waals surface area contributed by atoms with Crippen LogP contribution in [-0.2, 0) is 9.59 Å². The third kappa shape index (κ3) is 5.41. The number of hydrogen-bond acceptors (Lipinski definition) is 6. The van der Waals surface area contributed by atoms with Crippen LogP contribution in [0.5, 0.6) is 0 Å². The monoisotopic (exact) mass is 528 g/mol. The molecule has 3 heterocycles. The van der Waals surface area contributed by atoms with Crippen LogP contribution in [0.2, 0.25) is 0 Å². The molecule has 1 aliphatic heterocycles. The van der Waals surface area contributed by atoms with E-state index in [4.69, 9.17) is 10.2 Å². The average molecular weight is 529 g/mol. The van der Waals surface area contributed by atoms with Crippen molar-refractivity contribution in [2.75, 3.05) is 18.5 Å². The van der Waals surface area contributed by atoms with Crippen molar-refractivity contribution >= 4 is 34.6 Å².